The van der Waals surface area contributed by atoms with Gasteiger partial charge in [-0.3, -0.25) is 4.79 Å². The number of hydrogen-bond donors (Lipinski definition) is 2. The Morgan fingerprint density at radius 2 is 2.08 bits per heavy atom. The van der Waals surface area contributed by atoms with Gasteiger partial charge in [-0.05, 0) is 30.5 Å². The fraction of sp³-hybridized carbons (Fsp3) is 0.412. The lowest BCUT2D eigenvalue weighted by Crippen LogP contribution is -2.60. The largest absolute Gasteiger partial charge is 0.436 e. The Morgan fingerprint density at radius 3 is 2.75 bits per heavy atom. The second-order valence-corrected chi connectivity index (χ2v) is 6.15. The molecule has 1 unspecified atom stereocenters. The zero-order valence-corrected chi connectivity index (χ0v) is 12.7. The highest BCUT2D eigenvalue weighted by Gasteiger charge is 2.58. The normalized spacial score (nSPS) is 27.3. The summed E-state index contributed by atoms with van der Waals surface area (Å²) >= 11 is 0. The lowest BCUT2D eigenvalue weighted by atomic mass is 9.74. The molecule has 24 heavy (non-hydrogen) atoms. The van der Waals surface area contributed by atoms with Crippen LogP contribution in [0.2, 0.25) is 0 Å². The first-order valence-electron chi connectivity index (χ1n) is 7.59. The Bertz CT molecular complexity index is 764. The summed E-state index contributed by atoms with van der Waals surface area (Å²) in [7, 11) is 0. The van der Waals surface area contributed by atoms with E-state index in [0.717, 1.165) is 0 Å². The number of allylic oxidation sites excluding steroid dienone is 2. The van der Waals surface area contributed by atoms with Crippen LogP contribution in [-0.2, 0) is 4.79 Å². The molecule has 2 N–H and O–H groups in total. The number of benzene rings is 1. The number of rotatable bonds is 1. The molecule has 126 valence electrons. The van der Waals surface area contributed by atoms with E-state index in [4.69, 9.17) is 5.26 Å². The van der Waals surface area contributed by atoms with Gasteiger partial charge < -0.3 is 10.4 Å². The lowest BCUT2D eigenvalue weighted by molar-refractivity contribution is -0.275. The number of nitrogens with zero attached hydrogens (tertiary/aromatic N) is 1. The van der Waals surface area contributed by atoms with Crippen LogP contribution in [0.1, 0.15) is 42.7 Å². The van der Waals surface area contributed by atoms with Crippen LogP contribution in [0.3, 0.4) is 0 Å². The molecule has 1 heterocycles. The monoisotopic (exact) mass is 336 g/mol. The summed E-state index contributed by atoms with van der Waals surface area (Å²) in [5.41, 5.74) is -1.90. The van der Waals surface area contributed by atoms with Gasteiger partial charge >= 0.3 is 6.18 Å². The van der Waals surface area contributed by atoms with E-state index < -0.39 is 24.2 Å². The van der Waals surface area contributed by atoms with Crippen molar-refractivity contribution >= 4 is 5.78 Å². The van der Waals surface area contributed by atoms with E-state index in [2.05, 4.69) is 5.32 Å². The van der Waals surface area contributed by atoms with E-state index in [1.54, 1.807) is 18.2 Å². The summed E-state index contributed by atoms with van der Waals surface area (Å²) in [6, 6.07) is 8.10. The van der Waals surface area contributed by atoms with Gasteiger partial charge in [-0.1, -0.05) is 12.1 Å². The minimum atomic E-state index is -4.88. The molecule has 0 amide bonds. The molecular formula is C17H15F3N2O2. The number of carbonyl (C=O) groups excluding carboxylic acids is 1. The molecule has 1 aliphatic carbocycles. The highest BCUT2D eigenvalue weighted by atomic mass is 19.4. The van der Waals surface area contributed by atoms with E-state index in [1.807, 2.05) is 6.07 Å². The first-order valence-corrected chi connectivity index (χ1v) is 7.59. The molecule has 0 bridgehead atoms. The third kappa shape index (κ3) is 2.67. The molecule has 0 fully saturated rings. The van der Waals surface area contributed by atoms with Crippen molar-refractivity contribution in [1.82, 2.24) is 5.32 Å². The summed E-state index contributed by atoms with van der Waals surface area (Å²) in [5, 5.41) is 21.3. The van der Waals surface area contributed by atoms with Crippen LogP contribution < -0.4 is 5.32 Å². The maximum absolute atomic E-state index is 13.3. The minimum Gasteiger partial charge on any atom is -0.364 e. The second kappa shape index (κ2) is 5.64. The molecule has 0 saturated carbocycles. The van der Waals surface area contributed by atoms with Crippen LogP contribution in [0.4, 0.5) is 13.2 Å². The zero-order chi connectivity index (χ0) is 17.5. The average molecular weight is 336 g/mol. The molecule has 0 saturated heterocycles. The van der Waals surface area contributed by atoms with Gasteiger partial charge in [-0.2, -0.15) is 18.4 Å². The number of alkyl halides is 3. The van der Waals surface area contributed by atoms with E-state index in [9.17, 15) is 23.1 Å². The van der Waals surface area contributed by atoms with Gasteiger partial charge in [0.05, 0.1) is 11.6 Å². The third-order valence-electron chi connectivity index (χ3n) is 4.55. The van der Waals surface area contributed by atoms with Crippen molar-refractivity contribution in [3.8, 4) is 6.07 Å². The maximum atomic E-state index is 13.3. The zero-order valence-electron chi connectivity index (χ0n) is 12.7. The highest BCUT2D eigenvalue weighted by molar-refractivity contribution is 5.98. The van der Waals surface area contributed by atoms with Crippen LogP contribution in [0.15, 0.2) is 35.5 Å². The molecule has 2 aliphatic rings. The summed E-state index contributed by atoms with van der Waals surface area (Å²) in [4.78, 5) is 12.3. The fourth-order valence-corrected chi connectivity index (χ4v) is 3.39. The Labute approximate surface area is 136 Å². The first kappa shape index (κ1) is 16.5. The van der Waals surface area contributed by atoms with Crippen LogP contribution in [0.25, 0.3) is 0 Å². The van der Waals surface area contributed by atoms with Gasteiger partial charge in [-0.15, -0.1) is 0 Å². The van der Waals surface area contributed by atoms with Crippen LogP contribution >= 0.6 is 0 Å². The average Bonchev–Trinajstić information content (AvgIpc) is 2.53. The van der Waals surface area contributed by atoms with Crippen molar-refractivity contribution in [2.24, 2.45) is 0 Å². The maximum Gasteiger partial charge on any atom is 0.436 e. The van der Waals surface area contributed by atoms with Gasteiger partial charge in [0.25, 0.3) is 0 Å². The minimum absolute atomic E-state index is 0.157. The molecule has 0 radical (unpaired) electrons. The van der Waals surface area contributed by atoms with Crippen LogP contribution in [-0.4, -0.2) is 22.8 Å². The van der Waals surface area contributed by atoms with Crippen molar-refractivity contribution in [2.45, 2.75) is 43.5 Å². The summed E-state index contributed by atoms with van der Waals surface area (Å²) in [6.07, 6.45) is -4.57. The van der Waals surface area contributed by atoms with Gasteiger partial charge in [0, 0.05) is 30.0 Å². The van der Waals surface area contributed by atoms with Gasteiger partial charge in [0.15, 0.2) is 5.78 Å². The SMILES string of the molecule is N#Cc1cccc([C@@H]2CC(O)(C(F)(F)F)NC3=C2C(=O)CCC3)c1. The summed E-state index contributed by atoms with van der Waals surface area (Å²) < 4.78 is 40.0. The van der Waals surface area contributed by atoms with Gasteiger partial charge in [-0.25, -0.2) is 0 Å². The molecule has 0 spiro atoms. The van der Waals surface area contributed by atoms with E-state index in [-0.39, 0.29) is 24.3 Å². The Balaban J connectivity index is 2.13. The van der Waals surface area contributed by atoms with Crippen LogP contribution in [0.5, 0.6) is 0 Å². The predicted octanol–water partition coefficient (Wildman–Crippen LogP) is 2.89. The van der Waals surface area contributed by atoms with Crippen molar-refractivity contribution in [2.75, 3.05) is 0 Å². The van der Waals surface area contributed by atoms with E-state index in [1.165, 1.54) is 6.07 Å². The molecular weight excluding hydrogens is 321 g/mol. The number of nitrogens with one attached hydrogen (secondary N) is 1. The van der Waals surface area contributed by atoms with Gasteiger partial charge in [0.1, 0.15) is 0 Å². The molecule has 1 aromatic rings. The third-order valence-corrected chi connectivity index (χ3v) is 4.55. The molecule has 0 aromatic heterocycles. The highest BCUT2D eigenvalue weighted by Crippen LogP contribution is 2.46. The number of halogens is 3. The van der Waals surface area contributed by atoms with Crippen molar-refractivity contribution in [3.05, 3.63) is 46.7 Å². The summed E-state index contributed by atoms with van der Waals surface area (Å²) in [5.74, 6) is -1.10. The topological polar surface area (TPSA) is 73.1 Å². The molecule has 4 nitrogen and oxygen atoms in total. The number of Topliss-reactive ketones (excluding diaryl/α,β-unsaturated/α-hetero) is 1. The quantitative estimate of drug-likeness (QED) is 0.827. The fourth-order valence-electron chi connectivity index (χ4n) is 3.39. The lowest BCUT2D eigenvalue weighted by Gasteiger charge is -2.43. The number of aliphatic hydroxyl groups is 1. The van der Waals surface area contributed by atoms with E-state index >= 15 is 0 Å². The van der Waals surface area contributed by atoms with E-state index in [0.29, 0.717) is 23.1 Å². The molecule has 3 rings (SSSR count). The summed E-state index contributed by atoms with van der Waals surface area (Å²) in [6.45, 7) is 0. The second-order valence-electron chi connectivity index (χ2n) is 6.15. The smallest absolute Gasteiger partial charge is 0.364 e. The Hall–Kier alpha value is -2.33. The number of hydrogen-bond acceptors (Lipinski definition) is 4. The van der Waals surface area contributed by atoms with Crippen molar-refractivity contribution in [3.63, 3.8) is 0 Å². The molecule has 1 aromatic carbocycles. The van der Waals surface area contributed by atoms with Crippen molar-refractivity contribution < 1.29 is 23.1 Å². The number of ketones is 1. The Kier molecular flexibility index (Phi) is 3.88. The first-order chi connectivity index (χ1) is 11.2. The standard InChI is InChI=1S/C17H15F3N2O2/c18-17(19,20)16(24)8-12(11-4-1-3-10(7-11)9-21)15-13(22-16)5-2-6-14(15)23/h1,3-4,7,12,22,24H,2,5-6,8H2/t12-,16?/m0/s1. The van der Waals surface area contributed by atoms with Crippen molar-refractivity contribution in [1.29, 1.82) is 5.26 Å². The molecule has 7 heteroatoms. The molecule has 2 atom stereocenters. The van der Waals surface area contributed by atoms with Gasteiger partial charge in [0.2, 0.25) is 5.72 Å². The predicted molar refractivity (Wildman–Crippen MR) is 78.5 cm³/mol. The number of nitriles is 1. The Morgan fingerprint density at radius 1 is 1.33 bits per heavy atom. The number of carbonyl (C=O) groups is 1. The van der Waals surface area contributed by atoms with Crippen LogP contribution in [0, 0.1) is 11.3 Å². The molecule has 1 aliphatic heterocycles.